The Hall–Kier alpha value is -1.42. The van der Waals surface area contributed by atoms with E-state index in [0.29, 0.717) is 18.7 Å². The van der Waals surface area contributed by atoms with Crippen molar-refractivity contribution in [2.24, 2.45) is 11.1 Å². The van der Waals surface area contributed by atoms with Crippen molar-refractivity contribution in [2.75, 3.05) is 6.54 Å². The zero-order chi connectivity index (χ0) is 12.2. The lowest BCUT2D eigenvalue weighted by Crippen LogP contribution is -2.40. The minimum atomic E-state index is -0.620. The molecule has 0 aliphatic carbocycles. The molecule has 0 radical (unpaired) electrons. The molecule has 0 saturated carbocycles. The zero-order valence-corrected chi connectivity index (χ0v) is 9.59. The van der Waals surface area contributed by atoms with Crippen molar-refractivity contribution in [1.29, 1.82) is 0 Å². The molecule has 0 atom stereocenters. The molecule has 0 unspecified atom stereocenters. The first kappa shape index (κ1) is 12.6. The fourth-order valence-electron chi connectivity index (χ4n) is 1.24. The summed E-state index contributed by atoms with van der Waals surface area (Å²) in [6, 6.07) is 6.54. The van der Waals surface area contributed by atoms with E-state index in [1.807, 2.05) is 0 Å². The van der Waals surface area contributed by atoms with Crippen molar-refractivity contribution < 1.29 is 9.18 Å². The predicted molar refractivity (Wildman–Crippen MR) is 61.1 cm³/mol. The summed E-state index contributed by atoms with van der Waals surface area (Å²) in [6.07, 6.45) is 0. The van der Waals surface area contributed by atoms with Crippen LogP contribution in [0.1, 0.15) is 19.4 Å². The minimum Gasteiger partial charge on any atom is -0.369 e. The number of carbonyl (C=O) groups is 1. The highest BCUT2D eigenvalue weighted by Crippen LogP contribution is 2.12. The number of rotatable bonds is 5. The molecule has 0 aliphatic heterocycles. The number of amides is 1. The Kier molecular flexibility index (Phi) is 4.01. The predicted octanol–water partition coefficient (Wildman–Crippen LogP) is 1.43. The lowest BCUT2D eigenvalue weighted by Gasteiger charge is -2.20. The molecule has 88 valence electrons. The molecular weight excluding hydrogens is 207 g/mol. The topological polar surface area (TPSA) is 55.1 Å². The van der Waals surface area contributed by atoms with E-state index in [0.717, 1.165) is 0 Å². The van der Waals surface area contributed by atoms with Crippen LogP contribution in [0, 0.1) is 11.2 Å². The van der Waals surface area contributed by atoms with Crippen molar-refractivity contribution in [3.05, 3.63) is 35.6 Å². The molecule has 1 rings (SSSR count). The minimum absolute atomic E-state index is 0.244. The molecule has 0 saturated heterocycles. The van der Waals surface area contributed by atoms with Gasteiger partial charge < -0.3 is 11.1 Å². The maximum atomic E-state index is 13.2. The number of hydrogen-bond acceptors (Lipinski definition) is 2. The Balaban J connectivity index is 2.48. The highest BCUT2D eigenvalue weighted by Gasteiger charge is 2.24. The fraction of sp³-hybridized carbons (Fsp3) is 0.417. The number of nitrogens with two attached hydrogens (primary N) is 1. The Morgan fingerprint density at radius 1 is 1.44 bits per heavy atom. The van der Waals surface area contributed by atoms with E-state index in [-0.39, 0.29) is 11.7 Å². The van der Waals surface area contributed by atoms with Crippen LogP contribution in [-0.4, -0.2) is 12.5 Å². The summed E-state index contributed by atoms with van der Waals surface area (Å²) in [5.41, 5.74) is 5.19. The maximum Gasteiger partial charge on any atom is 0.224 e. The SMILES string of the molecule is CC(C)(CNCc1ccccc1F)C(N)=O. The summed E-state index contributed by atoms with van der Waals surface area (Å²) in [4.78, 5) is 11.0. The molecule has 0 spiro atoms. The van der Waals surface area contributed by atoms with Crippen molar-refractivity contribution in [1.82, 2.24) is 5.32 Å². The van der Waals surface area contributed by atoms with E-state index in [4.69, 9.17) is 5.73 Å². The van der Waals surface area contributed by atoms with Crippen LogP contribution in [0.5, 0.6) is 0 Å². The van der Waals surface area contributed by atoms with Crippen LogP contribution >= 0.6 is 0 Å². The number of benzene rings is 1. The van der Waals surface area contributed by atoms with E-state index in [1.54, 1.807) is 32.0 Å². The zero-order valence-electron chi connectivity index (χ0n) is 9.59. The highest BCUT2D eigenvalue weighted by atomic mass is 19.1. The Bertz CT molecular complexity index is 377. The van der Waals surface area contributed by atoms with Crippen LogP contribution in [0.2, 0.25) is 0 Å². The van der Waals surface area contributed by atoms with Crippen molar-refractivity contribution in [2.45, 2.75) is 20.4 Å². The molecule has 1 aromatic rings. The van der Waals surface area contributed by atoms with Crippen LogP contribution in [0.25, 0.3) is 0 Å². The molecule has 1 aromatic carbocycles. The average molecular weight is 224 g/mol. The van der Waals surface area contributed by atoms with E-state index in [2.05, 4.69) is 5.32 Å². The molecule has 0 aliphatic rings. The first-order valence-electron chi connectivity index (χ1n) is 5.17. The third-order valence-electron chi connectivity index (χ3n) is 2.51. The third-order valence-corrected chi connectivity index (χ3v) is 2.51. The van der Waals surface area contributed by atoms with Gasteiger partial charge in [0.05, 0.1) is 5.41 Å². The number of hydrogen-bond donors (Lipinski definition) is 2. The van der Waals surface area contributed by atoms with Gasteiger partial charge in [-0.25, -0.2) is 4.39 Å². The second-order valence-electron chi connectivity index (χ2n) is 4.44. The van der Waals surface area contributed by atoms with E-state index >= 15 is 0 Å². The molecule has 0 fully saturated rings. The van der Waals surface area contributed by atoms with E-state index < -0.39 is 5.41 Å². The standard InChI is InChI=1S/C12H17FN2O/c1-12(2,11(14)16)8-15-7-9-5-3-4-6-10(9)13/h3-6,15H,7-8H2,1-2H3,(H2,14,16). The number of halogens is 1. The first-order chi connectivity index (χ1) is 7.43. The summed E-state index contributed by atoms with van der Waals surface area (Å²) < 4.78 is 13.2. The Morgan fingerprint density at radius 3 is 2.62 bits per heavy atom. The van der Waals surface area contributed by atoms with Gasteiger partial charge in [-0.05, 0) is 19.9 Å². The number of nitrogens with one attached hydrogen (secondary N) is 1. The molecule has 0 bridgehead atoms. The van der Waals surface area contributed by atoms with Crippen LogP contribution in [0.4, 0.5) is 4.39 Å². The van der Waals surface area contributed by atoms with Gasteiger partial charge in [0.25, 0.3) is 0 Å². The van der Waals surface area contributed by atoms with Gasteiger partial charge >= 0.3 is 0 Å². The monoisotopic (exact) mass is 224 g/mol. The van der Waals surface area contributed by atoms with Crippen molar-refractivity contribution in [3.8, 4) is 0 Å². The first-order valence-corrected chi connectivity index (χ1v) is 5.17. The second kappa shape index (κ2) is 5.07. The van der Waals surface area contributed by atoms with E-state index in [9.17, 15) is 9.18 Å². The summed E-state index contributed by atoms with van der Waals surface area (Å²) in [5, 5.41) is 3.02. The van der Waals surface area contributed by atoms with Gasteiger partial charge in [-0.3, -0.25) is 4.79 Å². The molecule has 3 N–H and O–H groups in total. The van der Waals surface area contributed by atoms with Gasteiger partial charge in [0.2, 0.25) is 5.91 Å². The normalized spacial score (nSPS) is 11.4. The molecule has 3 nitrogen and oxygen atoms in total. The van der Waals surface area contributed by atoms with Gasteiger partial charge in [0.15, 0.2) is 0 Å². The van der Waals surface area contributed by atoms with E-state index in [1.165, 1.54) is 6.07 Å². The molecular formula is C12H17FN2O. The smallest absolute Gasteiger partial charge is 0.224 e. The van der Waals surface area contributed by atoms with Gasteiger partial charge in [-0.2, -0.15) is 0 Å². The summed E-state index contributed by atoms with van der Waals surface area (Å²) in [7, 11) is 0. The molecule has 1 amide bonds. The van der Waals surface area contributed by atoms with Crippen LogP contribution in [0.15, 0.2) is 24.3 Å². The lowest BCUT2D eigenvalue weighted by atomic mass is 9.93. The summed E-state index contributed by atoms with van der Waals surface area (Å²) >= 11 is 0. The Morgan fingerprint density at radius 2 is 2.06 bits per heavy atom. The molecule has 0 aromatic heterocycles. The number of primary amides is 1. The van der Waals surface area contributed by atoms with Gasteiger partial charge in [0, 0.05) is 18.7 Å². The van der Waals surface area contributed by atoms with Gasteiger partial charge in [-0.15, -0.1) is 0 Å². The van der Waals surface area contributed by atoms with Crippen LogP contribution < -0.4 is 11.1 Å². The van der Waals surface area contributed by atoms with Crippen LogP contribution in [-0.2, 0) is 11.3 Å². The lowest BCUT2D eigenvalue weighted by molar-refractivity contribution is -0.125. The van der Waals surface area contributed by atoms with Crippen molar-refractivity contribution in [3.63, 3.8) is 0 Å². The molecule has 16 heavy (non-hydrogen) atoms. The van der Waals surface area contributed by atoms with Crippen LogP contribution in [0.3, 0.4) is 0 Å². The second-order valence-corrected chi connectivity index (χ2v) is 4.44. The molecule has 0 heterocycles. The maximum absolute atomic E-state index is 13.2. The average Bonchev–Trinajstić information content (AvgIpc) is 2.20. The highest BCUT2D eigenvalue weighted by molar-refractivity contribution is 5.80. The molecule has 4 heteroatoms. The van der Waals surface area contributed by atoms with Crippen molar-refractivity contribution >= 4 is 5.91 Å². The third kappa shape index (κ3) is 3.31. The number of carbonyl (C=O) groups excluding carboxylic acids is 1. The van der Waals surface area contributed by atoms with Gasteiger partial charge in [-0.1, -0.05) is 18.2 Å². The summed E-state index contributed by atoms with van der Waals surface area (Å²) in [5.74, 6) is -0.611. The largest absolute Gasteiger partial charge is 0.369 e. The fourth-order valence-corrected chi connectivity index (χ4v) is 1.24. The summed E-state index contributed by atoms with van der Waals surface area (Å²) in [6.45, 7) is 4.33. The Labute approximate surface area is 94.8 Å². The van der Waals surface area contributed by atoms with Gasteiger partial charge in [0.1, 0.15) is 5.82 Å². The quantitative estimate of drug-likeness (QED) is 0.795.